The highest BCUT2D eigenvalue weighted by molar-refractivity contribution is 7.80. The summed E-state index contributed by atoms with van der Waals surface area (Å²) in [6.45, 7) is 2.02. The lowest BCUT2D eigenvalue weighted by Crippen LogP contribution is -2.17. The molecule has 2 N–H and O–H groups in total. The van der Waals surface area contributed by atoms with E-state index in [-0.39, 0.29) is 11.7 Å². The van der Waals surface area contributed by atoms with Crippen LogP contribution in [0.25, 0.3) is 0 Å². The quantitative estimate of drug-likeness (QED) is 0.446. The molecule has 1 aromatic rings. The molecule has 6 heteroatoms. The van der Waals surface area contributed by atoms with Gasteiger partial charge in [-0.25, -0.2) is 0 Å². The molecule has 1 aliphatic rings. The molecule has 84 valence electrons. The second kappa shape index (κ2) is 4.05. The van der Waals surface area contributed by atoms with Gasteiger partial charge in [-0.3, -0.25) is 10.1 Å². The number of nitro benzene ring substituents is 1. The van der Waals surface area contributed by atoms with Crippen molar-refractivity contribution >= 4 is 34.3 Å². The molecule has 0 amide bonds. The van der Waals surface area contributed by atoms with Gasteiger partial charge < -0.3 is 10.6 Å². The Morgan fingerprint density at radius 3 is 2.94 bits per heavy atom. The molecule has 5 nitrogen and oxygen atoms in total. The van der Waals surface area contributed by atoms with Gasteiger partial charge in [-0.05, 0) is 13.0 Å². The molecule has 1 unspecified atom stereocenters. The van der Waals surface area contributed by atoms with Crippen molar-refractivity contribution in [3.05, 3.63) is 28.3 Å². The number of nitrogens with zero attached hydrogens (tertiary/aromatic N) is 1. The Morgan fingerprint density at radius 1 is 1.50 bits per heavy atom. The minimum absolute atomic E-state index is 0.0606. The number of thiocarbonyl (C=S) groups is 1. The van der Waals surface area contributed by atoms with Crippen LogP contribution in [-0.2, 0) is 0 Å². The van der Waals surface area contributed by atoms with Crippen molar-refractivity contribution in [2.45, 2.75) is 19.4 Å². The van der Waals surface area contributed by atoms with Crippen LogP contribution in [0.2, 0.25) is 0 Å². The summed E-state index contributed by atoms with van der Waals surface area (Å²) >= 11 is 5.13. The maximum atomic E-state index is 10.6. The molecule has 2 rings (SSSR count). The molecule has 0 fully saturated rings. The average Bonchev–Trinajstić information content (AvgIpc) is 2.32. The number of benzene rings is 1. The van der Waals surface area contributed by atoms with E-state index in [2.05, 4.69) is 10.6 Å². The van der Waals surface area contributed by atoms with E-state index >= 15 is 0 Å². The molecule has 0 spiro atoms. The van der Waals surface area contributed by atoms with Gasteiger partial charge in [0.2, 0.25) is 0 Å². The number of rotatable bonds is 1. The number of anilines is 2. The van der Waals surface area contributed by atoms with E-state index in [0.717, 1.165) is 12.1 Å². The van der Waals surface area contributed by atoms with Crippen molar-refractivity contribution in [3.63, 3.8) is 0 Å². The Bertz CT molecular complexity index is 461. The zero-order valence-electron chi connectivity index (χ0n) is 8.69. The Labute approximate surface area is 98.0 Å². The highest BCUT2D eigenvalue weighted by Crippen LogP contribution is 2.30. The summed E-state index contributed by atoms with van der Waals surface area (Å²) < 4.78 is 0. The minimum atomic E-state index is -0.417. The summed E-state index contributed by atoms with van der Waals surface area (Å²) in [6, 6.07) is 4.90. The number of hydrogen-bond donors (Lipinski definition) is 2. The van der Waals surface area contributed by atoms with Gasteiger partial charge in [0.05, 0.1) is 21.3 Å². The highest BCUT2D eigenvalue weighted by atomic mass is 32.1. The van der Waals surface area contributed by atoms with Crippen molar-refractivity contribution in [2.24, 2.45) is 0 Å². The lowest BCUT2D eigenvalue weighted by molar-refractivity contribution is -0.384. The molecule has 0 aromatic heterocycles. The number of hydrogen-bond acceptors (Lipinski definition) is 4. The van der Waals surface area contributed by atoms with E-state index in [1.54, 1.807) is 6.07 Å². The summed E-state index contributed by atoms with van der Waals surface area (Å²) in [6.07, 6.45) is 0.720. The van der Waals surface area contributed by atoms with Crippen LogP contribution in [0.1, 0.15) is 13.3 Å². The summed E-state index contributed by atoms with van der Waals surface area (Å²) in [5, 5.41) is 16.9. The smallest absolute Gasteiger partial charge is 0.271 e. The third-order valence-corrected chi connectivity index (χ3v) is 2.65. The van der Waals surface area contributed by atoms with E-state index in [1.165, 1.54) is 12.1 Å². The van der Waals surface area contributed by atoms with E-state index in [4.69, 9.17) is 12.2 Å². The van der Waals surface area contributed by atoms with Crippen LogP contribution in [0.5, 0.6) is 0 Å². The number of non-ortho nitro benzene ring substituents is 1. The molecule has 1 aromatic carbocycles. The molecule has 1 aliphatic heterocycles. The number of nitro groups is 1. The van der Waals surface area contributed by atoms with Crippen LogP contribution >= 0.6 is 12.2 Å². The van der Waals surface area contributed by atoms with E-state index in [0.29, 0.717) is 10.7 Å². The first-order valence-electron chi connectivity index (χ1n) is 4.91. The van der Waals surface area contributed by atoms with Crippen LogP contribution in [0.4, 0.5) is 17.1 Å². The third kappa shape index (κ3) is 2.11. The lowest BCUT2D eigenvalue weighted by Gasteiger charge is -2.11. The van der Waals surface area contributed by atoms with Gasteiger partial charge in [-0.1, -0.05) is 12.2 Å². The topological polar surface area (TPSA) is 67.2 Å². The van der Waals surface area contributed by atoms with Crippen molar-refractivity contribution < 1.29 is 4.92 Å². The monoisotopic (exact) mass is 237 g/mol. The van der Waals surface area contributed by atoms with Gasteiger partial charge in [0.15, 0.2) is 0 Å². The SMILES string of the molecule is CC1CC(=S)Nc2cc([N+](=O)[O-])ccc2N1. The highest BCUT2D eigenvalue weighted by Gasteiger charge is 2.17. The molecule has 0 saturated heterocycles. The van der Waals surface area contributed by atoms with E-state index in [9.17, 15) is 10.1 Å². The zero-order valence-corrected chi connectivity index (χ0v) is 9.50. The Morgan fingerprint density at radius 2 is 2.25 bits per heavy atom. The second-order valence-corrected chi connectivity index (χ2v) is 4.28. The van der Waals surface area contributed by atoms with Crippen LogP contribution in [-0.4, -0.2) is 16.0 Å². The summed E-state index contributed by atoms with van der Waals surface area (Å²) in [5.74, 6) is 0. The predicted molar refractivity (Wildman–Crippen MR) is 67.0 cm³/mol. The fourth-order valence-electron chi connectivity index (χ4n) is 1.67. The molecule has 0 saturated carbocycles. The molecular weight excluding hydrogens is 226 g/mol. The normalized spacial score (nSPS) is 19.1. The lowest BCUT2D eigenvalue weighted by atomic mass is 10.2. The second-order valence-electron chi connectivity index (χ2n) is 3.78. The average molecular weight is 237 g/mol. The van der Waals surface area contributed by atoms with Crippen molar-refractivity contribution in [2.75, 3.05) is 10.6 Å². The third-order valence-electron chi connectivity index (χ3n) is 2.38. The first-order chi connectivity index (χ1) is 7.56. The van der Waals surface area contributed by atoms with E-state index in [1.807, 2.05) is 6.92 Å². The van der Waals surface area contributed by atoms with Crippen LogP contribution in [0.15, 0.2) is 18.2 Å². The summed E-state index contributed by atoms with van der Waals surface area (Å²) in [5.41, 5.74) is 1.58. The molecule has 0 bridgehead atoms. The molecular formula is C10H11N3O2S. The summed E-state index contributed by atoms with van der Waals surface area (Å²) in [4.78, 5) is 10.9. The van der Waals surface area contributed by atoms with Gasteiger partial charge in [0.25, 0.3) is 5.69 Å². The molecule has 1 atom stereocenters. The first-order valence-corrected chi connectivity index (χ1v) is 5.32. The van der Waals surface area contributed by atoms with Gasteiger partial charge in [-0.15, -0.1) is 0 Å². The number of nitrogens with one attached hydrogen (secondary N) is 2. The summed E-state index contributed by atoms with van der Waals surface area (Å²) in [7, 11) is 0. The fraction of sp³-hybridized carbons (Fsp3) is 0.300. The Kier molecular flexibility index (Phi) is 2.74. The molecule has 0 radical (unpaired) electrons. The molecule has 16 heavy (non-hydrogen) atoms. The predicted octanol–water partition coefficient (Wildman–Crippen LogP) is 2.54. The van der Waals surface area contributed by atoms with Gasteiger partial charge in [-0.2, -0.15) is 0 Å². The van der Waals surface area contributed by atoms with Crippen LogP contribution in [0.3, 0.4) is 0 Å². The van der Waals surface area contributed by atoms with Crippen molar-refractivity contribution in [3.8, 4) is 0 Å². The maximum absolute atomic E-state index is 10.6. The van der Waals surface area contributed by atoms with Crippen LogP contribution < -0.4 is 10.6 Å². The Balaban J connectivity index is 2.42. The zero-order chi connectivity index (χ0) is 11.7. The minimum Gasteiger partial charge on any atom is -0.380 e. The standard InChI is InChI=1S/C10H11N3O2S/c1-6-4-10(16)12-9-5-7(13(14)15)2-3-8(9)11-6/h2-3,5-6,11H,4H2,1H3,(H,12,16). The van der Waals surface area contributed by atoms with E-state index < -0.39 is 4.92 Å². The Hall–Kier alpha value is -1.69. The van der Waals surface area contributed by atoms with Crippen molar-refractivity contribution in [1.82, 2.24) is 0 Å². The maximum Gasteiger partial charge on any atom is 0.271 e. The molecule has 1 heterocycles. The fourth-order valence-corrected chi connectivity index (χ4v) is 2.03. The van der Waals surface area contributed by atoms with Gasteiger partial charge in [0.1, 0.15) is 0 Å². The van der Waals surface area contributed by atoms with Gasteiger partial charge in [0, 0.05) is 24.6 Å². The molecule has 0 aliphatic carbocycles. The first kappa shape index (κ1) is 10.8. The van der Waals surface area contributed by atoms with Crippen LogP contribution in [0, 0.1) is 10.1 Å². The van der Waals surface area contributed by atoms with Gasteiger partial charge >= 0.3 is 0 Å². The largest absolute Gasteiger partial charge is 0.380 e. The van der Waals surface area contributed by atoms with Crippen molar-refractivity contribution in [1.29, 1.82) is 0 Å². The number of fused-ring (bicyclic) bond motifs is 1.